The van der Waals surface area contributed by atoms with Gasteiger partial charge in [-0.15, -0.1) is 0 Å². The molecule has 1 aliphatic heterocycles. The van der Waals surface area contributed by atoms with Crippen LogP contribution in [0, 0.1) is 48.3 Å². The predicted octanol–water partition coefficient (Wildman–Crippen LogP) is 4.20. The van der Waals surface area contributed by atoms with Crippen LogP contribution in [0.5, 0.6) is 0 Å². The van der Waals surface area contributed by atoms with Crippen molar-refractivity contribution in [3.8, 4) is 0 Å². The van der Waals surface area contributed by atoms with Crippen molar-refractivity contribution in [1.82, 2.24) is 4.90 Å². The average molecular weight is 439 g/mol. The highest BCUT2D eigenvalue weighted by Gasteiger charge is 2.67. The van der Waals surface area contributed by atoms with E-state index in [1.54, 1.807) is 11.0 Å². The Morgan fingerprint density at radius 3 is 2.19 bits per heavy atom. The number of carbonyl (C=O) groups is 3. The van der Waals surface area contributed by atoms with Gasteiger partial charge in [-0.3, -0.25) is 19.3 Å². The predicted molar refractivity (Wildman–Crippen MR) is 117 cm³/mol. The molecule has 7 rings (SSSR count). The van der Waals surface area contributed by atoms with E-state index >= 15 is 0 Å². The molecule has 1 aromatic carbocycles. The Hall–Kier alpha value is -2.14. The highest BCUT2D eigenvalue weighted by atomic mass is 35.5. The number of imide groups is 1. The van der Waals surface area contributed by atoms with Gasteiger partial charge in [0.1, 0.15) is 0 Å². The summed E-state index contributed by atoms with van der Waals surface area (Å²) in [5, 5.41) is 3.61. The summed E-state index contributed by atoms with van der Waals surface area (Å²) < 4.78 is 0. The minimum Gasteiger partial charge on any atom is -0.326 e. The van der Waals surface area contributed by atoms with Crippen LogP contribution in [0.1, 0.15) is 37.7 Å². The van der Waals surface area contributed by atoms with Crippen LogP contribution >= 0.6 is 11.6 Å². The van der Waals surface area contributed by atoms with Gasteiger partial charge in [0, 0.05) is 22.7 Å². The van der Waals surface area contributed by atoms with Crippen molar-refractivity contribution in [3.05, 3.63) is 40.9 Å². The van der Waals surface area contributed by atoms with Crippen molar-refractivity contribution in [3.63, 3.8) is 0 Å². The second kappa shape index (κ2) is 6.93. The number of carbonyl (C=O) groups excluding carboxylic acids is 3. The maximum absolute atomic E-state index is 13.3. The van der Waals surface area contributed by atoms with Gasteiger partial charge in [0.15, 0.2) is 0 Å². The van der Waals surface area contributed by atoms with Gasteiger partial charge >= 0.3 is 0 Å². The molecule has 3 amide bonds. The molecule has 31 heavy (non-hydrogen) atoms. The molecule has 1 heterocycles. The molecule has 6 aliphatic rings. The SMILES string of the molecule is Cc1ccc(NC(=O)C2CCC(N3C(=O)[C@H]4[C@@H]5C=C[C@H]([C@H]6C[C@H]56)[C@@H]4C3=O)CC2)cc1Cl. The molecule has 2 bridgehead atoms. The number of rotatable bonds is 3. The van der Waals surface area contributed by atoms with Gasteiger partial charge in [0.25, 0.3) is 0 Å². The fourth-order valence-corrected chi connectivity index (χ4v) is 7.03. The zero-order chi connectivity index (χ0) is 21.4. The van der Waals surface area contributed by atoms with Gasteiger partial charge < -0.3 is 5.32 Å². The number of halogens is 1. The summed E-state index contributed by atoms with van der Waals surface area (Å²) in [5.74, 6) is 1.55. The molecule has 162 valence electrons. The van der Waals surface area contributed by atoms with Gasteiger partial charge in [-0.25, -0.2) is 0 Å². The van der Waals surface area contributed by atoms with Gasteiger partial charge in [-0.1, -0.05) is 29.8 Å². The van der Waals surface area contributed by atoms with E-state index in [0.29, 0.717) is 48.2 Å². The van der Waals surface area contributed by atoms with Crippen LogP contribution in [-0.2, 0) is 14.4 Å². The lowest BCUT2D eigenvalue weighted by Gasteiger charge is -2.37. The molecule has 0 aromatic heterocycles. The molecule has 1 aromatic rings. The van der Waals surface area contributed by atoms with Crippen LogP contribution in [-0.4, -0.2) is 28.7 Å². The van der Waals surface area contributed by atoms with Gasteiger partial charge in [0.2, 0.25) is 17.7 Å². The first-order valence-corrected chi connectivity index (χ1v) is 11.9. The van der Waals surface area contributed by atoms with E-state index in [4.69, 9.17) is 11.6 Å². The first kappa shape index (κ1) is 19.5. The van der Waals surface area contributed by atoms with E-state index in [2.05, 4.69) is 17.5 Å². The van der Waals surface area contributed by atoms with Crippen LogP contribution < -0.4 is 5.32 Å². The van der Waals surface area contributed by atoms with Crippen molar-refractivity contribution >= 4 is 35.0 Å². The average Bonchev–Trinajstić information content (AvgIpc) is 3.54. The fraction of sp³-hybridized carbons (Fsp3) is 0.560. The van der Waals surface area contributed by atoms with E-state index in [9.17, 15) is 14.4 Å². The van der Waals surface area contributed by atoms with Gasteiger partial charge in [0.05, 0.1) is 11.8 Å². The Kier molecular flexibility index (Phi) is 4.37. The van der Waals surface area contributed by atoms with Crippen LogP contribution in [0.4, 0.5) is 5.69 Å². The highest BCUT2D eigenvalue weighted by molar-refractivity contribution is 6.31. The van der Waals surface area contributed by atoms with E-state index in [0.717, 1.165) is 5.56 Å². The number of nitrogens with zero attached hydrogens (tertiary/aromatic N) is 1. The first-order valence-electron chi connectivity index (χ1n) is 11.6. The van der Waals surface area contributed by atoms with E-state index in [1.807, 2.05) is 19.1 Å². The van der Waals surface area contributed by atoms with E-state index in [-0.39, 0.29) is 53.4 Å². The Bertz CT molecular complexity index is 976. The lowest BCUT2D eigenvalue weighted by atomic mass is 9.63. The topological polar surface area (TPSA) is 66.5 Å². The summed E-state index contributed by atoms with van der Waals surface area (Å²) in [6.07, 6.45) is 8.42. The monoisotopic (exact) mass is 438 g/mol. The zero-order valence-electron chi connectivity index (χ0n) is 17.6. The number of benzene rings is 1. The van der Waals surface area contributed by atoms with Crippen molar-refractivity contribution in [2.45, 2.75) is 45.1 Å². The third kappa shape index (κ3) is 2.92. The number of aryl methyl sites for hydroxylation is 1. The molecule has 1 saturated heterocycles. The summed E-state index contributed by atoms with van der Waals surface area (Å²) >= 11 is 6.17. The Morgan fingerprint density at radius 2 is 1.61 bits per heavy atom. The van der Waals surface area contributed by atoms with E-state index in [1.165, 1.54) is 6.42 Å². The normalized spacial score (nSPS) is 40.0. The summed E-state index contributed by atoms with van der Waals surface area (Å²) in [6.45, 7) is 1.93. The second-order valence-electron chi connectivity index (χ2n) is 10.2. The van der Waals surface area contributed by atoms with Crippen molar-refractivity contribution < 1.29 is 14.4 Å². The standard InChI is InChI=1S/C25H27ClN2O3/c1-12-2-5-14(10-20(12)26)27-23(29)13-3-6-15(7-4-13)28-24(30)21-16-8-9-17(19-11-18(16)19)22(21)25(28)31/h2,5,8-10,13,15-19,21-22H,3-4,6-7,11H2,1H3,(H,27,29)/t13?,15?,16-,17-,18-,19-,21+,22+/m1/s1. The number of anilines is 1. The minimum atomic E-state index is -0.126. The maximum Gasteiger partial charge on any atom is 0.233 e. The summed E-state index contributed by atoms with van der Waals surface area (Å²) in [5.41, 5.74) is 1.68. The van der Waals surface area contributed by atoms with Gasteiger partial charge in [-0.2, -0.15) is 0 Å². The number of amides is 3. The molecule has 3 saturated carbocycles. The molecule has 0 unspecified atom stereocenters. The molecule has 6 heteroatoms. The first-order chi connectivity index (χ1) is 14.9. The molecule has 4 fully saturated rings. The number of nitrogens with one attached hydrogen (secondary N) is 1. The van der Waals surface area contributed by atoms with E-state index < -0.39 is 0 Å². The van der Waals surface area contributed by atoms with Crippen LogP contribution in [0.25, 0.3) is 0 Å². The second-order valence-corrected chi connectivity index (χ2v) is 10.6. The largest absolute Gasteiger partial charge is 0.326 e. The number of hydrogen-bond donors (Lipinski definition) is 1. The Morgan fingerprint density at radius 1 is 1.00 bits per heavy atom. The lowest BCUT2D eigenvalue weighted by Crippen LogP contribution is -2.44. The smallest absolute Gasteiger partial charge is 0.233 e. The maximum atomic E-state index is 13.3. The Balaban J connectivity index is 1.11. The lowest BCUT2D eigenvalue weighted by molar-refractivity contribution is -0.144. The third-order valence-electron chi connectivity index (χ3n) is 8.57. The quantitative estimate of drug-likeness (QED) is 0.568. The number of hydrogen-bond acceptors (Lipinski definition) is 3. The van der Waals surface area contributed by atoms with Crippen LogP contribution in [0.2, 0.25) is 5.02 Å². The zero-order valence-corrected chi connectivity index (χ0v) is 18.3. The summed E-state index contributed by atoms with van der Waals surface area (Å²) in [6, 6.07) is 5.47. The summed E-state index contributed by atoms with van der Waals surface area (Å²) in [7, 11) is 0. The molecule has 1 N–H and O–H groups in total. The molecular weight excluding hydrogens is 412 g/mol. The van der Waals surface area contributed by atoms with Crippen molar-refractivity contribution in [2.75, 3.05) is 5.32 Å². The fourth-order valence-electron chi connectivity index (χ4n) is 6.85. The van der Waals surface area contributed by atoms with Crippen LogP contribution in [0.15, 0.2) is 30.4 Å². The Labute approximate surface area is 187 Å². The molecule has 5 nitrogen and oxygen atoms in total. The highest BCUT2D eigenvalue weighted by Crippen LogP contribution is 2.65. The van der Waals surface area contributed by atoms with Gasteiger partial charge in [-0.05, 0) is 80.4 Å². The molecule has 0 radical (unpaired) electrons. The van der Waals surface area contributed by atoms with Crippen molar-refractivity contribution in [2.24, 2.45) is 41.4 Å². The molecule has 5 aliphatic carbocycles. The summed E-state index contributed by atoms with van der Waals surface area (Å²) in [4.78, 5) is 41.0. The third-order valence-corrected chi connectivity index (χ3v) is 8.98. The number of likely N-dealkylation sites (tertiary alicyclic amines) is 1. The van der Waals surface area contributed by atoms with Crippen molar-refractivity contribution in [1.29, 1.82) is 0 Å². The molecular formula is C25H27ClN2O3. The minimum absolute atomic E-state index is 0.00607. The van der Waals surface area contributed by atoms with Crippen LogP contribution in [0.3, 0.4) is 0 Å². The molecule has 0 spiro atoms. The number of allylic oxidation sites excluding steroid dienone is 2. The molecule has 6 atom stereocenters.